The highest BCUT2D eigenvalue weighted by Crippen LogP contribution is 2.44. The van der Waals surface area contributed by atoms with Crippen LogP contribution in [0.2, 0.25) is 0 Å². The van der Waals surface area contributed by atoms with Crippen molar-refractivity contribution >= 4 is 12.0 Å². The predicted octanol–water partition coefficient (Wildman–Crippen LogP) is 5.00. The van der Waals surface area contributed by atoms with Gasteiger partial charge in [0.2, 0.25) is 0 Å². The lowest BCUT2D eigenvalue weighted by atomic mass is 9.83. The number of hydrogen-bond donors (Lipinski definition) is 0. The number of esters is 1. The molecule has 0 saturated heterocycles. The molecule has 0 amide bonds. The van der Waals surface area contributed by atoms with Gasteiger partial charge in [-0.2, -0.15) is 0 Å². The molecule has 0 N–H and O–H groups in total. The summed E-state index contributed by atoms with van der Waals surface area (Å²) < 4.78 is 33.0. The predicted molar refractivity (Wildman–Crippen MR) is 147 cm³/mol. The van der Waals surface area contributed by atoms with Gasteiger partial charge in [-0.1, -0.05) is 6.07 Å². The highest BCUT2D eigenvalue weighted by atomic mass is 16.6. The zero-order chi connectivity index (χ0) is 27.5. The van der Waals surface area contributed by atoms with Crippen LogP contribution >= 0.6 is 0 Å². The molecule has 1 unspecified atom stereocenters. The Morgan fingerprint density at radius 3 is 2.08 bits per heavy atom. The zero-order valence-electron chi connectivity index (χ0n) is 22.9. The highest BCUT2D eigenvalue weighted by Gasteiger charge is 2.34. The fraction of sp³-hybridized carbons (Fsp3) is 0.323. The molecule has 2 aliphatic heterocycles. The van der Waals surface area contributed by atoms with Crippen molar-refractivity contribution < 1.29 is 33.2 Å². The number of ether oxygens (including phenoxy) is 6. The van der Waals surface area contributed by atoms with Crippen LogP contribution in [-0.2, 0) is 24.2 Å². The van der Waals surface area contributed by atoms with Crippen molar-refractivity contribution in [2.24, 2.45) is 0 Å². The van der Waals surface area contributed by atoms with Gasteiger partial charge in [0, 0.05) is 25.2 Å². The number of carbonyl (C=O) groups excluding carboxylic acids is 1. The van der Waals surface area contributed by atoms with E-state index in [4.69, 9.17) is 28.4 Å². The van der Waals surface area contributed by atoms with E-state index in [-0.39, 0.29) is 6.04 Å². The van der Waals surface area contributed by atoms with E-state index in [9.17, 15) is 4.79 Å². The Labute approximate surface area is 228 Å². The Bertz CT molecular complexity index is 1410. The number of carbonyl (C=O) groups is 1. The van der Waals surface area contributed by atoms with Crippen LogP contribution in [0.1, 0.15) is 33.9 Å². The normalized spacial score (nSPS) is 16.1. The molecule has 0 radical (unpaired) electrons. The van der Waals surface area contributed by atoms with Crippen molar-refractivity contribution in [3.8, 4) is 34.5 Å². The maximum absolute atomic E-state index is 12.7. The summed E-state index contributed by atoms with van der Waals surface area (Å²) in [6, 6.07) is 13.8. The van der Waals surface area contributed by atoms with E-state index >= 15 is 0 Å². The van der Waals surface area contributed by atoms with Crippen LogP contribution in [0.5, 0.6) is 34.5 Å². The van der Waals surface area contributed by atoms with Crippen molar-refractivity contribution in [2.45, 2.75) is 25.4 Å². The molecule has 0 fully saturated rings. The molecule has 8 heteroatoms. The first-order valence-electron chi connectivity index (χ1n) is 12.8. The van der Waals surface area contributed by atoms with Gasteiger partial charge < -0.3 is 28.4 Å². The SMILES string of the molecule is COc1ccc(C=CC(=O)Oc2cc3c(cc2OC)CC2c4cc(OC)c(OC)cc4CCN2C3)cc1OC. The molecule has 3 aromatic carbocycles. The summed E-state index contributed by atoms with van der Waals surface area (Å²) in [5, 5.41) is 0. The first-order chi connectivity index (χ1) is 19.0. The number of benzene rings is 3. The van der Waals surface area contributed by atoms with Gasteiger partial charge in [-0.25, -0.2) is 4.79 Å². The van der Waals surface area contributed by atoms with E-state index in [0.29, 0.717) is 23.0 Å². The molecule has 0 spiro atoms. The van der Waals surface area contributed by atoms with Gasteiger partial charge >= 0.3 is 5.97 Å². The minimum Gasteiger partial charge on any atom is -0.493 e. The summed E-state index contributed by atoms with van der Waals surface area (Å²) in [4.78, 5) is 15.2. The van der Waals surface area contributed by atoms with E-state index in [1.807, 2.05) is 18.2 Å². The van der Waals surface area contributed by atoms with Crippen LogP contribution in [0.25, 0.3) is 6.08 Å². The van der Waals surface area contributed by atoms with Crippen LogP contribution < -0.4 is 28.4 Å². The van der Waals surface area contributed by atoms with E-state index in [1.54, 1.807) is 53.8 Å². The topological polar surface area (TPSA) is 75.7 Å². The number of nitrogens with zero attached hydrogens (tertiary/aromatic N) is 1. The maximum atomic E-state index is 12.7. The number of hydrogen-bond acceptors (Lipinski definition) is 8. The van der Waals surface area contributed by atoms with Gasteiger partial charge in [0.15, 0.2) is 34.5 Å². The Balaban J connectivity index is 1.36. The average Bonchev–Trinajstić information content (AvgIpc) is 2.97. The van der Waals surface area contributed by atoms with E-state index < -0.39 is 5.97 Å². The quantitative estimate of drug-likeness (QED) is 0.228. The van der Waals surface area contributed by atoms with Crippen LogP contribution in [0, 0.1) is 0 Å². The van der Waals surface area contributed by atoms with Crippen LogP contribution in [0.15, 0.2) is 48.5 Å². The van der Waals surface area contributed by atoms with E-state index in [0.717, 1.165) is 48.6 Å². The van der Waals surface area contributed by atoms with Gasteiger partial charge in [0.05, 0.1) is 35.5 Å². The molecule has 2 aliphatic rings. The second-order valence-electron chi connectivity index (χ2n) is 9.49. The van der Waals surface area contributed by atoms with Gasteiger partial charge in [-0.3, -0.25) is 4.90 Å². The number of methoxy groups -OCH3 is 5. The Morgan fingerprint density at radius 1 is 0.744 bits per heavy atom. The van der Waals surface area contributed by atoms with Gasteiger partial charge in [-0.15, -0.1) is 0 Å². The monoisotopic (exact) mass is 531 g/mol. The summed E-state index contributed by atoms with van der Waals surface area (Å²) in [7, 11) is 8.06. The second-order valence-corrected chi connectivity index (χ2v) is 9.49. The molecule has 0 bridgehead atoms. The fourth-order valence-corrected chi connectivity index (χ4v) is 5.42. The summed E-state index contributed by atoms with van der Waals surface area (Å²) in [5.74, 6) is 3.14. The lowest BCUT2D eigenvalue weighted by Crippen LogP contribution is -2.39. The molecule has 0 aliphatic carbocycles. The van der Waals surface area contributed by atoms with Crippen LogP contribution in [-0.4, -0.2) is 53.0 Å². The third kappa shape index (κ3) is 5.25. The molecule has 204 valence electrons. The second kappa shape index (κ2) is 11.3. The zero-order valence-corrected chi connectivity index (χ0v) is 22.9. The van der Waals surface area contributed by atoms with Crippen molar-refractivity contribution in [1.29, 1.82) is 0 Å². The molecule has 1 atom stereocenters. The lowest BCUT2D eigenvalue weighted by molar-refractivity contribution is -0.129. The molecule has 8 nitrogen and oxygen atoms in total. The van der Waals surface area contributed by atoms with Crippen LogP contribution in [0.4, 0.5) is 0 Å². The van der Waals surface area contributed by atoms with Gasteiger partial charge in [-0.05, 0) is 83.1 Å². The highest BCUT2D eigenvalue weighted by molar-refractivity contribution is 5.89. The third-order valence-electron chi connectivity index (χ3n) is 7.42. The Morgan fingerprint density at radius 2 is 1.36 bits per heavy atom. The lowest BCUT2D eigenvalue weighted by Gasteiger charge is -2.41. The average molecular weight is 532 g/mol. The molecular weight excluding hydrogens is 498 g/mol. The van der Waals surface area contributed by atoms with E-state index in [2.05, 4.69) is 17.0 Å². The standard InChI is InChI=1S/C31H33NO7/c1-34-25-8-6-19(12-26(25)35-2)7-9-31(33)39-30-16-22-18-32-11-10-20-14-27(36-3)29(38-5)17-23(20)24(32)13-21(22)15-28(30)37-4/h6-9,12,14-17,24H,10-11,13,18H2,1-5H3. The molecular formula is C31H33NO7. The van der Waals surface area contributed by atoms with Crippen molar-refractivity contribution in [1.82, 2.24) is 4.90 Å². The molecule has 2 heterocycles. The van der Waals surface area contributed by atoms with Gasteiger partial charge in [0.1, 0.15) is 0 Å². The van der Waals surface area contributed by atoms with Gasteiger partial charge in [0.25, 0.3) is 0 Å². The molecule has 0 saturated carbocycles. The number of fused-ring (bicyclic) bond motifs is 4. The summed E-state index contributed by atoms with van der Waals surface area (Å²) in [6.45, 7) is 1.69. The van der Waals surface area contributed by atoms with E-state index in [1.165, 1.54) is 22.8 Å². The fourth-order valence-electron chi connectivity index (χ4n) is 5.42. The molecule has 0 aromatic heterocycles. The van der Waals surface area contributed by atoms with Crippen LogP contribution in [0.3, 0.4) is 0 Å². The first kappa shape index (κ1) is 26.4. The smallest absolute Gasteiger partial charge is 0.336 e. The Kier molecular flexibility index (Phi) is 7.65. The van der Waals surface area contributed by atoms with Crippen molar-refractivity contribution in [3.05, 3.63) is 76.4 Å². The third-order valence-corrected chi connectivity index (χ3v) is 7.42. The Hall–Kier alpha value is -4.17. The molecule has 39 heavy (non-hydrogen) atoms. The summed E-state index contributed by atoms with van der Waals surface area (Å²) in [5.41, 5.74) is 5.64. The minimum atomic E-state index is -0.496. The minimum absolute atomic E-state index is 0.226. The number of rotatable bonds is 8. The molecule has 3 aromatic rings. The van der Waals surface area contributed by atoms with Crippen molar-refractivity contribution in [3.63, 3.8) is 0 Å². The largest absolute Gasteiger partial charge is 0.493 e. The first-order valence-corrected chi connectivity index (χ1v) is 12.8. The molecule has 5 rings (SSSR count). The maximum Gasteiger partial charge on any atom is 0.336 e. The summed E-state index contributed by atoms with van der Waals surface area (Å²) >= 11 is 0. The summed E-state index contributed by atoms with van der Waals surface area (Å²) in [6.07, 6.45) is 4.82. The van der Waals surface area contributed by atoms with Crippen molar-refractivity contribution in [2.75, 3.05) is 42.1 Å².